The first kappa shape index (κ1) is 16.8. The molecule has 0 amide bonds. The van der Waals surface area contributed by atoms with E-state index < -0.39 is 0 Å². The highest BCUT2D eigenvalue weighted by Crippen LogP contribution is 2.23. The molecule has 1 aromatic rings. The lowest BCUT2D eigenvalue weighted by Gasteiger charge is -2.27. The van der Waals surface area contributed by atoms with E-state index in [4.69, 9.17) is 16.3 Å². The van der Waals surface area contributed by atoms with Gasteiger partial charge in [-0.15, -0.1) is 0 Å². The van der Waals surface area contributed by atoms with Crippen LogP contribution >= 0.6 is 11.6 Å². The Labute approximate surface area is 134 Å². The number of benzene rings is 1. The van der Waals surface area contributed by atoms with E-state index in [-0.39, 0.29) is 5.54 Å². The largest absolute Gasteiger partial charge is 0.378 e. The zero-order chi connectivity index (χ0) is 15.3. The maximum absolute atomic E-state index is 6.11. The first-order valence-electron chi connectivity index (χ1n) is 8.03. The van der Waals surface area contributed by atoms with Crippen LogP contribution in [0.1, 0.15) is 45.6 Å². The van der Waals surface area contributed by atoms with Gasteiger partial charge in [0.05, 0.1) is 6.10 Å². The lowest BCUT2D eigenvalue weighted by Crippen LogP contribution is -2.40. The molecule has 1 aliphatic rings. The lowest BCUT2D eigenvalue weighted by molar-refractivity contribution is 0.0882. The number of halogens is 1. The molecule has 0 bridgehead atoms. The standard InChI is InChI=1S/C18H28ClNO/c1-18(2,3)20-13-15(12-17-8-5-9-21-17)10-14-6-4-7-16(19)11-14/h4,6-7,11,15,17,20H,5,8-10,12-13H2,1-3H3. The highest BCUT2D eigenvalue weighted by molar-refractivity contribution is 6.30. The third-order valence-electron chi connectivity index (χ3n) is 3.95. The summed E-state index contributed by atoms with van der Waals surface area (Å²) in [6.07, 6.45) is 5.05. The second kappa shape index (κ2) is 7.62. The molecule has 0 aliphatic carbocycles. The van der Waals surface area contributed by atoms with Crippen LogP contribution in [-0.2, 0) is 11.2 Å². The molecule has 118 valence electrons. The summed E-state index contributed by atoms with van der Waals surface area (Å²) in [7, 11) is 0. The second-order valence-corrected chi connectivity index (χ2v) is 7.64. The van der Waals surface area contributed by atoms with Gasteiger partial charge in [0, 0.05) is 17.2 Å². The summed E-state index contributed by atoms with van der Waals surface area (Å²) < 4.78 is 5.82. The van der Waals surface area contributed by atoms with E-state index in [0.717, 1.165) is 31.0 Å². The molecule has 0 spiro atoms. The molecule has 1 saturated heterocycles. The molecule has 1 N–H and O–H groups in total. The van der Waals surface area contributed by atoms with E-state index in [1.165, 1.54) is 18.4 Å². The Kier molecular flexibility index (Phi) is 6.09. The Bertz CT molecular complexity index is 435. The fraction of sp³-hybridized carbons (Fsp3) is 0.667. The third kappa shape index (κ3) is 6.37. The fourth-order valence-corrected chi connectivity index (χ4v) is 3.10. The van der Waals surface area contributed by atoms with E-state index in [1.54, 1.807) is 0 Å². The van der Waals surface area contributed by atoms with Gasteiger partial charge in [-0.2, -0.15) is 0 Å². The van der Waals surface area contributed by atoms with E-state index in [1.807, 2.05) is 12.1 Å². The molecule has 0 saturated carbocycles. The summed E-state index contributed by atoms with van der Waals surface area (Å²) in [5.74, 6) is 0.589. The molecule has 1 aromatic carbocycles. The Morgan fingerprint density at radius 1 is 1.38 bits per heavy atom. The fourth-order valence-electron chi connectivity index (χ4n) is 2.89. The number of rotatable bonds is 6. The van der Waals surface area contributed by atoms with E-state index in [2.05, 4.69) is 38.2 Å². The normalized spacial score (nSPS) is 20.7. The van der Waals surface area contributed by atoms with Crippen LogP contribution in [0, 0.1) is 5.92 Å². The number of hydrogen-bond donors (Lipinski definition) is 1. The summed E-state index contributed by atoms with van der Waals surface area (Å²) in [6.45, 7) is 8.61. The van der Waals surface area contributed by atoms with Crippen molar-refractivity contribution in [1.29, 1.82) is 0 Å². The van der Waals surface area contributed by atoms with Crippen molar-refractivity contribution in [1.82, 2.24) is 5.32 Å². The van der Waals surface area contributed by atoms with Gasteiger partial charge >= 0.3 is 0 Å². The highest BCUT2D eigenvalue weighted by Gasteiger charge is 2.22. The molecule has 2 unspecified atom stereocenters. The van der Waals surface area contributed by atoms with Crippen molar-refractivity contribution in [3.63, 3.8) is 0 Å². The molecule has 1 heterocycles. The molecule has 21 heavy (non-hydrogen) atoms. The lowest BCUT2D eigenvalue weighted by atomic mass is 9.92. The van der Waals surface area contributed by atoms with Crippen molar-refractivity contribution >= 4 is 11.6 Å². The van der Waals surface area contributed by atoms with Gasteiger partial charge in [0.2, 0.25) is 0 Å². The Hall–Kier alpha value is -0.570. The Morgan fingerprint density at radius 2 is 2.19 bits per heavy atom. The van der Waals surface area contributed by atoms with Gasteiger partial charge < -0.3 is 10.1 Å². The Morgan fingerprint density at radius 3 is 2.81 bits per heavy atom. The zero-order valence-corrected chi connectivity index (χ0v) is 14.2. The summed E-state index contributed by atoms with van der Waals surface area (Å²) in [4.78, 5) is 0. The van der Waals surface area contributed by atoms with Crippen molar-refractivity contribution < 1.29 is 4.74 Å². The highest BCUT2D eigenvalue weighted by atomic mass is 35.5. The van der Waals surface area contributed by atoms with Crippen LogP contribution in [0.15, 0.2) is 24.3 Å². The van der Waals surface area contributed by atoms with Crippen molar-refractivity contribution in [2.75, 3.05) is 13.2 Å². The summed E-state index contributed by atoms with van der Waals surface area (Å²) in [5, 5.41) is 4.47. The molecule has 0 radical (unpaired) electrons. The van der Waals surface area contributed by atoms with Crippen LogP contribution in [0.2, 0.25) is 5.02 Å². The van der Waals surface area contributed by atoms with Crippen molar-refractivity contribution in [3.05, 3.63) is 34.9 Å². The van der Waals surface area contributed by atoms with E-state index in [9.17, 15) is 0 Å². The molecular weight excluding hydrogens is 282 g/mol. The first-order valence-corrected chi connectivity index (χ1v) is 8.41. The molecule has 1 aliphatic heterocycles. The maximum Gasteiger partial charge on any atom is 0.0579 e. The average molecular weight is 310 g/mol. The minimum Gasteiger partial charge on any atom is -0.378 e. The van der Waals surface area contributed by atoms with Crippen LogP contribution in [0.25, 0.3) is 0 Å². The molecule has 0 aromatic heterocycles. The maximum atomic E-state index is 6.11. The van der Waals surface area contributed by atoms with Crippen LogP contribution in [0.5, 0.6) is 0 Å². The quantitative estimate of drug-likeness (QED) is 0.838. The van der Waals surface area contributed by atoms with Crippen molar-refractivity contribution in [3.8, 4) is 0 Å². The summed E-state index contributed by atoms with van der Waals surface area (Å²) >= 11 is 6.11. The average Bonchev–Trinajstić information content (AvgIpc) is 2.88. The monoisotopic (exact) mass is 309 g/mol. The SMILES string of the molecule is CC(C)(C)NCC(Cc1cccc(Cl)c1)CC1CCCO1. The second-order valence-electron chi connectivity index (χ2n) is 7.20. The van der Waals surface area contributed by atoms with E-state index in [0.29, 0.717) is 12.0 Å². The van der Waals surface area contributed by atoms with Gasteiger partial charge in [0.25, 0.3) is 0 Å². The minimum atomic E-state index is 0.156. The van der Waals surface area contributed by atoms with Crippen molar-refractivity contribution in [2.45, 2.75) is 58.1 Å². The molecular formula is C18H28ClNO. The van der Waals surface area contributed by atoms with Gasteiger partial charge in [-0.25, -0.2) is 0 Å². The molecule has 3 heteroatoms. The molecule has 1 fully saturated rings. The summed E-state index contributed by atoms with van der Waals surface area (Å²) in [6, 6.07) is 8.23. The molecule has 2 nitrogen and oxygen atoms in total. The zero-order valence-electron chi connectivity index (χ0n) is 13.5. The first-order chi connectivity index (χ1) is 9.92. The number of hydrogen-bond acceptors (Lipinski definition) is 2. The van der Waals surface area contributed by atoms with Crippen LogP contribution in [-0.4, -0.2) is 24.8 Å². The van der Waals surface area contributed by atoms with Crippen LogP contribution in [0.4, 0.5) is 0 Å². The van der Waals surface area contributed by atoms with Crippen LogP contribution in [0.3, 0.4) is 0 Å². The molecule has 2 atom stereocenters. The van der Waals surface area contributed by atoms with E-state index >= 15 is 0 Å². The minimum absolute atomic E-state index is 0.156. The third-order valence-corrected chi connectivity index (χ3v) is 4.19. The molecule has 2 rings (SSSR count). The van der Waals surface area contributed by atoms with Gasteiger partial charge in [0.15, 0.2) is 0 Å². The predicted molar refractivity (Wildman–Crippen MR) is 90.0 cm³/mol. The predicted octanol–water partition coefficient (Wildman–Crippen LogP) is 4.46. The van der Waals surface area contributed by atoms with Gasteiger partial charge in [-0.1, -0.05) is 23.7 Å². The number of nitrogens with one attached hydrogen (secondary N) is 1. The van der Waals surface area contributed by atoms with Crippen LogP contribution < -0.4 is 5.32 Å². The summed E-state index contributed by atoms with van der Waals surface area (Å²) in [5.41, 5.74) is 1.48. The number of ether oxygens (including phenoxy) is 1. The van der Waals surface area contributed by atoms with Gasteiger partial charge in [0.1, 0.15) is 0 Å². The van der Waals surface area contributed by atoms with Gasteiger partial charge in [-0.3, -0.25) is 0 Å². The topological polar surface area (TPSA) is 21.3 Å². The van der Waals surface area contributed by atoms with Gasteiger partial charge in [-0.05, 0) is 76.6 Å². The Balaban J connectivity index is 1.96. The van der Waals surface area contributed by atoms with Crippen molar-refractivity contribution in [2.24, 2.45) is 5.92 Å². The smallest absolute Gasteiger partial charge is 0.0579 e.